The molecule has 1 amide bonds. The molecule has 1 atom stereocenters. The number of nitrogens with one attached hydrogen (secondary N) is 1. The maximum atomic E-state index is 12.2. The Hall–Kier alpha value is -2.67. The topological polar surface area (TPSA) is 67.3 Å². The second kappa shape index (κ2) is 8.14. The Balaban J connectivity index is 1.50. The van der Waals surface area contributed by atoms with Crippen LogP contribution in [0, 0.1) is 12.8 Å². The van der Waals surface area contributed by atoms with Crippen LogP contribution in [0.2, 0.25) is 0 Å². The van der Waals surface area contributed by atoms with Gasteiger partial charge in [0.05, 0.1) is 5.69 Å². The van der Waals surface area contributed by atoms with Crippen LogP contribution in [0.4, 0.5) is 10.9 Å². The summed E-state index contributed by atoms with van der Waals surface area (Å²) in [6.45, 7) is 6.15. The summed E-state index contributed by atoms with van der Waals surface area (Å²) in [6, 6.07) is 9.93. The normalized spacial score (nSPS) is 16.9. The van der Waals surface area contributed by atoms with E-state index in [0.29, 0.717) is 16.8 Å². The van der Waals surface area contributed by atoms with Crippen molar-refractivity contribution in [3.8, 4) is 5.75 Å². The fourth-order valence-electron chi connectivity index (χ4n) is 3.51. The zero-order valence-corrected chi connectivity index (χ0v) is 17.0. The van der Waals surface area contributed by atoms with Crippen LogP contribution < -0.4 is 15.0 Å². The van der Waals surface area contributed by atoms with Crippen LogP contribution in [0.1, 0.15) is 25.5 Å². The molecule has 146 valence electrons. The van der Waals surface area contributed by atoms with Crippen molar-refractivity contribution in [3.63, 3.8) is 0 Å². The summed E-state index contributed by atoms with van der Waals surface area (Å²) in [5.41, 5.74) is 1.68. The van der Waals surface area contributed by atoms with Gasteiger partial charge in [-0.1, -0.05) is 19.1 Å². The van der Waals surface area contributed by atoms with Crippen LogP contribution in [0.5, 0.6) is 5.75 Å². The molecular weight excluding hydrogens is 372 g/mol. The molecule has 3 heterocycles. The zero-order chi connectivity index (χ0) is 19.5. The average molecular weight is 397 g/mol. The predicted molar refractivity (Wildman–Crippen MR) is 113 cm³/mol. The van der Waals surface area contributed by atoms with Crippen molar-refractivity contribution in [2.24, 2.45) is 5.92 Å². The van der Waals surface area contributed by atoms with Crippen molar-refractivity contribution in [2.45, 2.75) is 26.7 Å². The third kappa shape index (κ3) is 4.25. The van der Waals surface area contributed by atoms with Gasteiger partial charge in [-0.25, -0.2) is 9.97 Å². The first-order chi connectivity index (χ1) is 13.6. The third-order valence-electron chi connectivity index (χ3n) is 4.87. The highest BCUT2D eigenvalue weighted by atomic mass is 32.1. The second-order valence-corrected chi connectivity index (χ2v) is 8.18. The lowest BCUT2D eigenvalue weighted by molar-refractivity contribution is -0.118. The predicted octanol–water partition coefficient (Wildman–Crippen LogP) is 4.25. The highest BCUT2D eigenvalue weighted by Gasteiger charge is 2.18. The molecule has 28 heavy (non-hydrogen) atoms. The molecule has 0 aliphatic carbocycles. The van der Waals surface area contributed by atoms with E-state index in [1.54, 1.807) is 0 Å². The smallest absolute Gasteiger partial charge is 0.264 e. The lowest BCUT2D eigenvalue weighted by Crippen LogP contribution is -2.34. The SMILES string of the molecule is Cc1csc(NC(=O)COc2cccc3ccc(N4CCCC(C)C4)nc23)n1. The Morgan fingerprint density at radius 3 is 3.00 bits per heavy atom. The molecule has 4 rings (SSSR count). The number of amides is 1. The first kappa shape index (κ1) is 18.7. The third-order valence-corrected chi connectivity index (χ3v) is 5.75. The maximum Gasteiger partial charge on any atom is 0.264 e. The van der Waals surface area contributed by atoms with Gasteiger partial charge >= 0.3 is 0 Å². The highest BCUT2D eigenvalue weighted by Crippen LogP contribution is 2.28. The average Bonchev–Trinajstić information content (AvgIpc) is 3.10. The van der Waals surface area contributed by atoms with E-state index < -0.39 is 0 Å². The number of aromatic nitrogens is 2. The number of benzene rings is 1. The van der Waals surface area contributed by atoms with Gasteiger partial charge < -0.3 is 9.64 Å². The molecule has 0 radical (unpaired) electrons. The van der Waals surface area contributed by atoms with Crippen molar-refractivity contribution < 1.29 is 9.53 Å². The molecule has 1 N–H and O–H groups in total. The Kier molecular flexibility index (Phi) is 5.43. The molecule has 1 saturated heterocycles. The largest absolute Gasteiger partial charge is 0.481 e. The van der Waals surface area contributed by atoms with Gasteiger partial charge in [-0.2, -0.15) is 0 Å². The summed E-state index contributed by atoms with van der Waals surface area (Å²) in [4.78, 5) is 23.6. The standard InChI is InChI=1S/C21H24N4O2S/c1-14-5-4-10-25(11-14)18-9-8-16-6-3-7-17(20(16)23-18)27-12-19(26)24-21-22-15(2)13-28-21/h3,6-9,13-14H,4-5,10-12H2,1-2H3,(H,22,24,26). The molecule has 3 aromatic rings. The number of hydrogen-bond donors (Lipinski definition) is 1. The molecule has 1 aromatic carbocycles. The van der Waals surface area contributed by atoms with Crippen LogP contribution in [0.15, 0.2) is 35.7 Å². The molecule has 1 unspecified atom stereocenters. The Morgan fingerprint density at radius 1 is 1.32 bits per heavy atom. The number of piperidine rings is 1. The molecule has 0 spiro atoms. The van der Waals surface area contributed by atoms with E-state index in [0.717, 1.165) is 35.5 Å². The van der Waals surface area contributed by atoms with Crippen molar-refractivity contribution in [2.75, 3.05) is 29.9 Å². The minimum atomic E-state index is -0.229. The van der Waals surface area contributed by atoms with Crippen molar-refractivity contribution in [1.29, 1.82) is 0 Å². The van der Waals surface area contributed by atoms with Gasteiger partial charge in [-0.15, -0.1) is 11.3 Å². The van der Waals surface area contributed by atoms with E-state index in [1.807, 2.05) is 30.5 Å². The van der Waals surface area contributed by atoms with Gasteiger partial charge in [-0.3, -0.25) is 10.1 Å². The number of carbonyl (C=O) groups is 1. The summed E-state index contributed by atoms with van der Waals surface area (Å²) in [7, 11) is 0. The minimum absolute atomic E-state index is 0.0790. The number of nitrogens with zero attached hydrogens (tertiary/aromatic N) is 3. The van der Waals surface area contributed by atoms with Gasteiger partial charge in [-0.05, 0) is 43.9 Å². The van der Waals surface area contributed by atoms with Gasteiger partial charge in [0.1, 0.15) is 17.1 Å². The number of rotatable bonds is 5. The second-order valence-electron chi connectivity index (χ2n) is 7.32. The number of ether oxygens (including phenoxy) is 1. The van der Waals surface area contributed by atoms with E-state index in [9.17, 15) is 4.79 Å². The number of fused-ring (bicyclic) bond motifs is 1. The lowest BCUT2D eigenvalue weighted by Gasteiger charge is -2.32. The molecule has 0 bridgehead atoms. The minimum Gasteiger partial charge on any atom is -0.481 e. The van der Waals surface area contributed by atoms with E-state index in [4.69, 9.17) is 9.72 Å². The molecule has 0 saturated carbocycles. The summed E-state index contributed by atoms with van der Waals surface area (Å²) < 4.78 is 5.81. The first-order valence-electron chi connectivity index (χ1n) is 9.58. The van der Waals surface area contributed by atoms with Crippen LogP contribution in [0.25, 0.3) is 10.9 Å². The van der Waals surface area contributed by atoms with Gasteiger partial charge in [0, 0.05) is 23.9 Å². The number of anilines is 2. The van der Waals surface area contributed by atoms with E-state index >= 15 is 0 Å². The Labute approximate surface area is 168 Å². The number of aryl methyl sites for hydroxylation is 1. The van der Waals surface area contributed by atoms with Gasteiger partial charge in [0.25, 0.3) is 5.91 Å². The molecule has 1 aliphatic heterocycles. The van der Waals surface area contributed by atoms with Gasteiger partial charge in [0.2, 0.25) is 0 Å². The number of para-hydroxylation sites is 1. The molecule has 1 aliphatic rings. The zero-order valence-electron chi connectivity index (χ0n) is 16.1. The van der Waals surface area contributed by atoms with E-state index in [-0.39, 0.29) is 12.5 Å². The molecule has 1 fully saturated rings. The van der Waals surface area contributed by atoms with Crippen LogP contribution in [0.3, 0.4) is 0 Å². The van der Waals surface area contributed by atoms with Gasteiger partial charge in [0.15, 0.2) is 11.7 Å². The number of carbonyl (C=O) groups excluding carboxylic acids is 1. The maximum absolute atomic E-state index is 12.2. The van der Waals surface area contributed by atoms with Crippen LogP contribution in [-0.2, 0) is 4.79 Å². The number of pyridine rings is 1. The molecule has 2 aromatic heterocycles. The van der Waals surface area contributed by atoms with Crippen molar-refractivity contribution in [3.05, 3.63) is 41.4 Å². The van der Waals surface area contributed by atoms with E-state index in [2.05, 4.69) is 34.3 Å². The lowest BCUT2D eigenvalue weighted by atomic mass is 10.0. The summed E-state index contributed by atoms with van der Waals surface area (Å²) in [6.07, 6.45) is 2.46. The first-order valence-corrected chi connectivity index (χ1v) is 10.5. The number of thiazole rings is 1. The highest BCUT2D eigenvalue weighted by molar-refractivity contribution is 7.13. The quantitative estimate of drug-likeness (QED) is 0.698. The van der Waals surface area contributed by atoms with Crippen molar-refractivity contribution >= 4 is 39.1 Å². The Morgan fingerprint density at radius 2 is 2.21 bits per heavy atom. The van der Waals surface area contributed by atoms with E-state index in [1.165, 1.54) is 24.2 Å². The molecular formula is C21H24N4O2S. The monoisotopic (exact) mass is 396 g/mol. The Bertz CT molecular complexity index is 987. The fraction of sp³-hybridized carbons (Fsp3) is 0.381. The van der Waals surface area contributed by atoms with Crippen LogP contribution >= 0.6 is 11.3 Å². The molecule has 7 heteroatoms. The fourth-order valence-corrected chi connectivity index (χ4v) is 4.21. The summed E-state index contributed by atoms with van der Waals surface area (Å²) >= 11 is 1.40. The summed E-state index contributed by atoms with van der Waals surface area (Å²) in [5.74, 6) is 2.04. The summed E-state index contributed by atoms with van der Waals surface area (Å²) in [5, 5.41) is 6.25. The van der Waals surface area contributed by atoms with Crippen molar-refractivity contribution in [1.82, 2.24) is 9.97 Å². The van der Waals surface area contributed by atoms with Crippen LogP contribution in [-0.4, -0.2) is 35.6 Å². The molecule has 6 nitrogen and oxygen atoms in total. The number of hydrogen-bond acceptors (Lipinski definition) is 6.